The highest BCUT2D eigenvalue weighted by molar-refractivity contribution is 9.10. The number of nitrogens with one attached hydrogen (secondary N) is 1. The van der Waals surface area contributed by atoms with Gasteiger partial charge in [-0.2, -0.15) is 4.31 Å². The van der Waals surface area contributed by atoms with Gasteiger partial charge in [0.2, 0.25) is 10.0 Å². The highest BCUT2D eigenvalue weighted by atomic mass is 79.9. The lowest BCUT2D eigenvalue weighted by atomic mass is 10.2. The smallest absolute Gasteiger partial charge is 0.284 e. The summed E-state index contributed by atoms with van der Waals surface area (Å²) in [7, 11) is -3.76. The van der Waals surface area contributed by atoms with Crippen LogP contribution in [-0.4, -0.2) is 36.6 Å². The lowest BCUT2D eigenvalue weighted by Crippen LogP contribution is -2.28. The summed E-state index contributed by atoms with van der Waals surface area (Å²) in [6.45, 7) is 0.857. The Kier molecular flexibility index (Phi) is 6.04. The summed E-state index contributed by atoms with van der Waals surface area (Å²) in [5.41, 5.74) is 0.0348. The van der Waals surface area contributed by atoms with E-state index in [-0.39, 0.29) is 31.3 Å². The molecule has 0 radical (unpaired) electrons. The van der Waals surface area contributed by atoms with E-state index in [9.17, 15) is 23.3 Å². The Morgan fingerprint density at radius 2 is 1.86 bits per heavy atom. The van der Waals surface area contributed by atoms with Crippen LogP contribution in [0.25, 0.3) is 0 Å². The quantitative estimate of drug-likeness (QED) is 0.504. The molecular weight excluding hydrogens is 474 g/mol. The van der Waals surface area contributed by atoms with Crippen molar-refractivity contribution in [3.8, 4) is 0 Å². The number of nitro benzene ring substituents is 1. The predicted molar refractivity (Wildman–Crippen MR) is 108 cm³/mol. The molecule has 0 atom stereocenters. The van der Waals surface area contributed by atoms with Gasteiger partial charge >= 0.3 is 0 Å². The lowest BCUT2D eigenvalue weighted by molar-refractivity contribution is -0.385. The van der Waals surface area contributed by atoms with Crippen molar-refractivity contribution in [2.45, 2.75) is 17.7 Å². The van der Waals surface area contributed by atoms with E-state index in [1.165, 1.54) is 34.6 Å². The first-order chi connectivity index (χ1) is 13.2. The first-order valence-electron chi connectivity index (χ1n) is 8.25. The number of hydrogen-bond acceptors (Lipinski definition) is 5. The van der Waals surface area contributed by atoms with Gasteiger partial charge in [-0.15, -0.1) is 0 Å². The number of amides is 1. The van der Waals surface area contributed by atoms with Gasteiger partial charge in [-0.05, 0) is 59.1 Å². The van der Waals surface area contributed by atoms with Crippen LogP contribution in [0.1, 0.15) is 23.2 Å². The second-order valence-corrected chi connectivity index (χ2v) is 9.30. The van der Waals surface area contributed by atoms with Gasteiger partial charge in [0.1, 0.15) is 4.90 Å². The third-order valence-electron chi connectivity index (χ3n) is 4.28. The lowest BCUT2D eigenvalue weighted by Gasteiger charge is -2.17. The van der Waals surface area contributed by atoms with E-state index < -0.39 is 20.9 Å². The molecule has 0 aromatic heterocycles. The Bertz CT molecular complexity index is 1050. The number of carbonyl (C=O) groups is 1. The maximum absolute atomic E-state index is 12.8. The van der Waals surface area contributed by atoms with Crippen LogP contribution in [0.2, 0.25) is 5.02 Å². The van der Waals surface area contributed by atoms with Crippen LogP contribution in [0.4, 0.5) is 11.4 Å². The largest absolute Gasteiger partial charge is 0.322 e. The molecule has 28 heavy (non-hydrogen) atoms. The van der Waals surface area contributed by atoms with Crippen molar-refractivity contribution in [3.63, 3.8) is 0 Å². The topological polar surface area (TPSA) is 110 Å². The molecule has 0 spiro atoms. The van der Waals surface area contributed by atoms with Crippen LogP contribution in [0.5, 0.6) is 0 Å². The van der Waals surface area contributed by atoms with Crippen molar-refractivity contribution >= 4 is 54.8 Å². The van der Waals surface area contributed by atoms with E-state index in [1.54, 1.807) is 0 Å². The second kappa shape index (κ2) is 8.16. The van der Waals surface area contributed by atoms with E-state index in [0.29, 0.717) is 13.1 Å². The van der Waals surface area contributed by atoms with Crippen LogP contribution >= 0.6 is 27.5 Å². The zero-order valence-electron chi connectivity index (χ0n) is 14.4. The van der Waals surface area contributed by atoms with Gasteiger partial charge in [-0.1, -0.05) is 11.6 Å². The summed E-state index contributed by atoms with van der Waals surface area (Å²) >= 11 is 9.15. The third kappa shape index (κ3) is 4.19. The molecule has 1 fully saturated rings. The van der Waals surface area contributed by atoms with Gasteiger partial charge < -0.3 is 5.32 Å². The number of anilines is 1. The van der Waals surface area contributed by atoms with Crippen LogP contribution in [0.15, 0.2) is 45.8 Å². The molecular formula is C17H15BrClN3O5S. The molecule has 1 aliphatic rings. The summed E-state index contributed by atoms with van der Waals surface area (Å²) < 4.78 is 27.1. The molecule has 0 aliphatic carbocycles. The van der Waals surface area contributed by atoms with Crippen molar-refractivity contribution in [2.75, 3.05) is 18.4 Å². The zero-order chi connectivity index (χ0) is 20.5. The fourth-order valence-electron chi connectivity index (χ4n) is 2.84. The number of halogens is 2. The van der Waals surface area contributed by atoms with Gasteiger partial charge in [-0.25, -0.2) is 8.42 Å². The highest BCUT2D eigenvalue weighted by Gasteiger charge is 2.29. The minimum absolute atomic E-state index is 0.0594. The Morgan fingerprint density at radius 3 is 2.50 bits per heavy atom. The monoisotopic (exact) mass is 487 g/mol. The minimum atomic E-state index is -3.76. The Balaban J connectivity index is 1.88. The Hall–Kier alpha value is -2.01. The van der Waals surface area contributed by atoms with E-state index in [0.717, 1.165) is 18.9 Å². The number of nitro groups is 1. The normalized spacial score (nSPS) is 14.8. The first-order valence-corrected chi connectivity index (χ1v) is 10.9. The minimum Gasteiger partial charge on any atom is -0.322 e. The average molecular weight is 489 g/mol. The maximum Gasteiger partial charge on any atom is 0.284 e. The summed E-state index contributed by atoms with van der Waals surface area (Å²) in [4.78, 5) is 22.8. The molecule has 3 rings (SSSR count). The molecule has 1 saturated heterocycles. The summed E-state index contributed by atoms with van der Waals surface area (Å²) in [5, 5.41) is 13.6. The van der Waals surface area contributed by atoms with E-state index >= 15 is 0 Å². The second-order valence-electron chi connectivity index (χ2n) is 6.13. The van der Waals surface area contributed by atoms with Gasteiger partial charge in [-0.3, -0.25) is 14.9 Å². The number of carbonyl (C=O) groups excluding carboxylic acids is 1. The Labute approximate surface area is 174 Å². The number of sulfonamides is 1. The van der Waals surface area contributed by atoms with Gasteiger partial charge in [0.25, 0.3) is 11.6 Å². The molecule has 0 unspecified atom stereocenters. The molecule has 11 heteroatoms. The fourth-order valence-corrected chi connectivity index (χ4v) is 5.25. The number of rotatable bonds is 5. The predicted octanol–water partition coefficient (Wildman–Crippen LogP) is 4.05. The molecule has 1 N–H and O–H groups in total. The highest BCUT2D eigenvalue weighted by Crippen LogP contribution is 2.30. The SMILES string of the molecule is O=C(Nc1ccc(Cl)c(S(=O)(=O)N2CCCC2)c1)c1ccc(Br)c([N+](=O)[O-])c1. The van der Waals surface area contributed by atoms with Crippen molar-refractivity contribution in [1.29, 1.82) is 0 Å². The molecule has 2 aromatic carbocycles. The van der Waals surface area contributed by atoms with E-state index in [4.69, 9.17) is 11.6 Å². The Morgan fingerprint density at radius 1 is 1.18 bits per heavy atom. The fraction of sp³-hybridized carbons (Fsp3) is 0.235. The van der Waals surface area contributed by atoms with Gasteiger partial charge in [0, 0.05) is 30.4 Å². The summed E-state index contributed by atoms with van der Waals surface area (Å²) in [5.74, 6) is -0.609. The number of nitrogens with zero attached hydrogens (tertiary/aromatic N) is 2. The zero-order valence-corrected chi connectivity index (χ0v) is 17.6. The van der Waals surface area contributed by atoms with Gasteiger partial charge in [0.05, 0.1) is 14.4 Å². The van der Waals surface area contributed by atoms with E-state index in [1.807, 2.05) is 0 Å². The van der Waals surface area contributed by atoms with E-state index in [2.05, 4.69) is 21.2 Å². The molecule has 148 valence electrons. The van der Waals surface area contributed by atoms with Crippen LogP contribution in [0.3, 0.4) is 0 Å². The molecule has 2 aromatic rings. The maximum atomic E-state index is 12.8. The van der Waals surface area contributed by atoms with Crippen LogP contribution in [-0.2, 0) is 10.0 Å². The van der Waals surface area contributed by atoms with Crippen LogP contribution in [0, 0.1) is 10.1 Å². The van der Waals surface area contributed by atoms with Crippen molar-refractivity contribution in [2.24, 2.45) is 0 Å². The number of benzene rings is 2. The molecule has 1 heterocycles. The van der Waals surface area contributed by atoms with Gasteiger partial charge in [0.15, 0.2) is 0 Å². The molecule has 0 saturated carbocycles. The first kappa shape index (κ1) is 20.7. The standard InChI is InChI=1S/C17H15BrClN3O5S/c18-13-5-3-11(9-15(13)22(24)25)17(23)20-12-4-6-14(19)16(10-12)28(26,27)21-7-1-2-8-21/h3-6,9-10H,1-2,7-8H2,(H,20,23). The van der Waals surface area contributed by atoms with Crippen molar-refractivity contribution in [3.05, 3.63) is 61.6 Å². The van der Waals surface area contributed by atoms with Crippen molar-refractivity contribution < 1.29 is 18.1 Å². The third-order valence-corrected chi connectivity index (χ3v) is 7.33. The molecule has 0 bridgehead atoms. The molecule has 1 aliphatic heterocycles. The van der Waals surface area contributed by atoms with Crippen molar-refractivity contribution in [1.82, 2.24) is 4.31 Å². The van der Waals surface area contributed by atoms with Crippen LogP contribution < -0.4 is 5.32 Å². The molecule has 1 amide bonds. The number of hydrogen-bond donors (Lipinski definition) is 1. The summed E-state index contributed by atoms with van der Waals surface area (Å²) in [6, 6.07) is 8.11. The average Bonchev–Trinajstić information content (AvgIpc) is 3.19. The molecule has 8 nitrogen and oxygen atoms in total. The summed E-state index contributed by atoms with van der Waals surface area (Å²) in [6.07, 6.45) is 1.57.